The van der Waals surface area contributed by atoms with E-state index in [1.165, 1.54) is 11.3 Å². The molecule has 0 saturated heterocycles. The highest BCUT2D eigenvalue weighted by Gasteiger charge is 2.20. The van der Waals surface area contributed by atoms with Gasteiger partial charge >= 0.3 is 0 Å². The second-order valence-electron chi connectivity index (χ2n) is 4.75. The van der Waals surface area contributed by atoms with Gasteiger partial charge < -0.3 is 15.2 Å². The zero-order chi connectivity index (χ0) is 12.5. The molecular weight excluding hydrogens is 224 g/mol. The van der Waals surface area contributed by atoms with Gasteiger partial charge in [-0.05, 0) is 25.5 Å². The highest BCUT2D eigenvalue weighted by atomic mass is 15.2. The van der Waals surface area contributed by atoms with Gasteiger partial charge in [0.25, 0.3) is 0 Å². The van der Waals surface area contributed by atoms with Crippen molar-refractivity contribution in [3.63, 3.8) is 0 Å². The number of nitrogens with zero attached hydrogens (tertiary/aromatic N) is 3. The summed E-state index contributed by atoms with van der Waals surface area (Å²) in [5, 5.41) is 0. The van der Waals surface area contributed by atoms with Gasteiger partial charge in [0.05, 0.1) is 0 Å². The summed E-state index contributed by atoms with van der Waals surface area (Å²) in [7, 11) is 0. The van der Waals surface area contributed by atoms with Gasteiger partial charge in [0.1, 0.15) is 5.82 Å². The first kappa shape index (κ1) is 11.1. The zero-order valence-corrected chi connectivity index (χ0v) is 10.6. The molecule has 2 heterocycles. The Kier molecular flexibility index (Phi) is 2.70. The van der Waals surface area contributed by atoms with Crippen molar-refractivity contribution in [2.75, 3.05) is 23.7 Å². The molecule has 1 aromatic carbocycles. The van der Waals surface area contributed by atoms with E-state index < -0.39 is 0 Å². The second-order valence-corrected chi connectivity index (χ2v) is 4.75. The van der Waals surface area contributed by atoms with Crippen LogP contribution in [0.2, 0.25) is 0 Å². The van der Waals surface area contributed by atoms with Crippen molar-refractivity contribution in [3.8, 4) is 0 Å². The van der Waals surface area contributed by atoms with Crippen molar-refractivity contribution in [1.29, 1.82) is 0 Å². The maximum atomic E-state index is 6.01. The summed E-state index contributed by atoms with van der Waals surface area (Å²) in [5.41, 5.74) is 9.54. The minimum absolute atomic E-state index is 0.925. The Hall–Kier alpha value is -1.97. The summed E-state index contributed by atoms with van der Waals surface area (Å²) in [6.45, 7) is 5.08. The van der Waals surface area contributed by atoms with E-state index in [0.29, 0.717) is 0 Å². The van der Waals surface area contributed by atoms with Crippen molar-refractivity contribution in [3.05, 3.63) is 42.0 Å². The number of imidazole rings is 1. The van der Waals surface area contributed by atoms with Crippen LogP contribution in [0.1, 0.15) is 11.4 Å². The van der Waals surface area contributed by atoms with Crippen LogP contribution in [-0.4, -0.2) is 22.6 Å². The second kappa shape index (κ2) is 4.37. The third-order valence-electron chi connectivity index (χ3n) is 3.69. The van der Waals surface area contributed by atoms with Gasteiger partial charge in [-0.2, -0.15) is 0 Å². The van der Waals surface area contributed by atoms with Gasteiger partial charge in [0, 0.05) is 49.0 Å². The minimum atomic E-state index is 0.925. The molecule has 2 N–H and O–H groups in total. The highest BCUT2D eigenvalue weighted by Crippen LogP contribution is 2.31. The van der Waals surface area contributed by atoms with E-state index in [1.807, 2.05) is 31.5 Å². The van der Waals surface area contributed by atoms with E-state index in [9.17, 15) is 0 Å². The molecule has 94 valence electrons. The summed E-state index contributed by atoms with van der Waals surface area (Å²) in [5.74, 6) is 1.07. The summed E-state index contributed by atoms with van der Waals surface area (Å²) in [6, 6.07) is 6.19. The lowest BCUT2D eigenvalue weighted by molar-refractivity contribution is 0.650. The number of anilines is 2. The number of benzene rings is 1. The van der Waals surface area contributed by atoms with E-state index in [0.717, 1.165) is 37.6 Å². The van der Waals surface area contributed by atoms with Crippen LogP contribution >= 0.6 is 0 Å². The molecule has 0 bridgehead atoms. The monoisotopic (exact) mass is 242 g/mol. The average Bonchev–Trinajstić information content (AvgIpc) is 2.94. The van der Waals surface area contributed by atoms with Crippen LogP contribution in [0, 0.1) is 6.92 Å². The van der Waals surface area contributed by atoms with Crippen LogP contribution in [0.15, 0.2) is 30.6 Å². The maximum Gasteiger partial charge on any atom is 0.105 e. The summed E-state index contributed by atoms with van der Waals surface area (Å²) < 4.78 is 2.18. The minimum Gasteiger partial charge on any atom is -0.398 e. The van der Waals surface area contributed by atoms with E-state index >= 15 is 0 Å². The van der Waals surface area contributed by atoms with E-state index in [2.05, 4.69) is 20.5 Å². The van der Waals surface area contributed by atoms with Gasteiger partial charge in [-0.25, -0.2) is 4.98 Å². The molecule has 2 aromatic rings. The number of aromatic nitrogens is 2. The first-order chi connectivity index (χ1) is 8.75. The lowest BCUT2D eigenvalue weighted by atomic mass is 10.1. The molecule has 4 heteroatoms. The molecule has 0 amide bonds. The van der Waals surface area contributed by atoms with Crippen molar-refractivity contribution in [2.45, 2.75) is 19.9 Å². The van der Waals surface area contributed by atoms with Gasteiger partial charge in [0.2, 0.25) is 0 Å². The molecule has 0 atom stereocenters. The highest BCUT2D eigenvalue weighted by molar-refractivity contribution is 5.68. The lowest BCUT2D eigenvalue weighted by Crippen LogP contribution is -2.25. The van der Waals surface area contributed by atoms with E-state index in [4.69, 9.17) is 5.73 Å². The Labute approximate surface area is 107 Å². The molecule has 0 aliphatic carbocycles. The van der Waals surface area contributed by atoms with E-state index in [1.54, 1.807) is 0 Å². The number of hydrogen-bond acceptors (Lipinski definition) is 3. The van der Waals surface area contributed by atoms with Crippen LogP contribution in [0.25, 0.3) is 0 Å². The fourth-order valence-electron chi connectivity index (χ4n) is 2.63. The number of aryl methyl sites for hydroxylation is 1. The van der Waals surface area contributed by atoms with Gasteiger partial charge in [-0.3, -0.25) is 0 Å². The average molecular weight is 242 g/mol. The fourth-order valence-corrected chi connectivity index (χ4v) is 2.63. The number of nitrogens with two attached hydrogens (primary N) is 1. The first-order valence-electron chi connectivity index (χ1n) is 6.36. The molecule has 0 saturated carbocycles. The molecule has 0 radical (unpaired) electrons. The summed E-state index contributed by atoms with van der Waals surface area (Å²) >= 11 is 0. The molecule has 4 nitrogen and oxygen atoms in total. The largest absolute Gasteiger partial charge is 0.398 e. The molecule has 0 unspecified atom stereocenters. The van der Waals surface area contributed by atoms with Crippen molar-refractivity contribution in [1.82, 2.24) is 9.55 Å². The van der Waals surface area contributed by atoms with Gasteiger partial charge in [-0.15, -0.1) is 0 Å². The molecule has 0 spiro atoms. The van der Waals surface area contributed by atoms with Crippen LogP contribution in [0.3, 0.4) is 0 Å². The zero-order valence-electron chi connectivity index (χ0n) is 10.6. The molecular formula is C14H18N4. The van der Waals surface area contributed by atoms with Crippen LogP contribution in [0.5, 0.6) is 0 Å². The van der Waals surface area contributed by atoms with Crippen LogP contribution < -0.4 is 10.6 Å². The predicted octanol–water partition coefficient (Wildman–Crippen LogP) is 1.84. The Bertz CT molecular complexity index is 559. The lowest BCUT2D eigenvalue weighted by Gasteiger charge is -2.20. The Morgan fingerprint density at radius 3 is 3.00 bits per heavy atom. The van der Waals surface area contributed by atoms with E-state index in [-0.39, 0.29) is 0 Å². The molecule has 1 aromatic heterocycles. The standard InChI is InChI=1S/C14H18N4/c1-11-16-6-8-17(11)9-10-18-7-5-12-13(15)3-2-4-14(12)18/h2-4,6,8H,5,7,9-10,15H2,1H3. The molecule has 1 aliphatic rings. The molecule has 0 fully saturated rings. The quantitative estimate of drug-likeness (QED) is 0.835. The SMILES string of the molecule is Cc1nccn1CCN1CCc2c(N)cccc21. The summed E-state index contributed by atoms with van der Waals surface area (Å²) in [4.78, 5) is 6.65. The number of rotatable bonds is 3. The number of hydrogen-bond donors (Lipinski definition) is 1. The fraction of sp³-hybridized carbons (Fsp3) is 0.357. The van der Waals surface area contributed by atoms with Gasteiger partial charge in [-0.1, -0.05) is 6.07 Å². The Balaban J connectivity index is 1.74. The first-order valence-corrected chi connectivity index (χ1v) is 6.36. The Morgan fingerprint density at radius 2 is 2.22 bits per heavy atom. The smallest absolute Gasteiger partial charge is 0.105 e. The molecule has 3 rings (SSSR count). The summed E-state index contributed by atoms with van der Waals surface area (Å²) in [6.07, 6.45) is 4.95. The predicted molar refractivity (Wildman–Crippen MR) is 73.7 cm³/mol. The number of nitrogen functional groups attached to an aromatic ring is 1. The normalized spacial score (nSPS) is 13.9. The van der Waals surface area contributed by atoms with Crippen LogP contribution in [0.4, 0.5) is 11.4 Å². The molecule has 18 heavy (non-hydrogen) atoms. The van der Waals surface area contributed by atoms with Crippen LogP contribution in [-0.2, 0) is 13.0 Å². The van der Waals surface area contributed by atoms with Crippen molar-refractivity contribution < 1.29 is 0 Å². The Morgan fingerprint density at radius 1 is 1.33 bits per heavy atom. The number of fused-ring (bicyclic) bond motifs is 1. The topological polar surface area (TPSA) is 47.1 Å². The molecule has 1 aliphatic heterocycles. The van der Waals surface area contributed by atoms with Crippen molar-refractivity contribution in [2.24, 2.45) is 0 Å². The third-order valence-corrected chi connectivity index (χ3v) is 3.69. The van der Waals surface area contributed by atoms with Gasteiger partial charge in [0.15, 0.2) is 0 Å². The van der Waals surface area contributed by atoms with Crippen molar-refractivity contribution >= 4 is 11.4 Å². The third kappa shape index (κ3) is 1.83. The maximum absolute atomic E-state index is 6.01.